The molecule has 0 N–H and O–H groups in total. The maximum Gasteiger partial charge on any atom is 0.265 e. The van der Waals surface area contributed by atoms with E-state index in [9.17, 15) is 9.18 Å². The highest BCUT2D eigenvalue weighted by Crippen LogP contribution is 2.26. The fourth-order valence-corrected chi connectivity index (χ4v) is 4.56. The number of halogens is 1. The Labute approximate surface area is 197 Å². The van der Waals surface area contributed by atoms with Gasteiger partial charge in [0.25, 0.3) is 5.56 Å². The van der Waals surface area contributed by atoms with E-state index in [1.165, 1.54) is 31.4 Å². The van der Waals surface area contributed by atoms with E-state index in [1.807, 2.05) is 35.8 Å². The standard InChI is InChI=1S/C27H28FN5O/c1-3-4-5-6-9-16-32-18(2)29-25-23(27(32)34)24-26(31-22-11-8-7-10-21(22)30-24)33(25)17-19-12-14-20(28)15-13-19/h7-8,10-15H,3-6,9,16-17H2,1-2H3. The van der Waals surface area contributed by atoms with Crippen LogP contribution in [-0.2, 0) is 13.1 Å². The van der Waals surface area contributed by atoms with E-state index in [0.717, 1.165) is 29.4 Å². The number of benzene rings is 2. The molecule has 0 spiro atoms. The lowest BCUT2D eigenvalue weighted by atomic mass is 10.1. The zero-order valence-electron chi connectivity index (χ0n) is 19.6. The molecule has 0 radical (unpaired) electrons. The molecule has 0 aliphatic rings. The van der Waals surface area contributed by atoms with Crippen molar-refractivity contribution in [2.45, 2.75) is 59.0 Å². The summed E-state index contributed by atoms with van der Waals surface area (Å²) in [4.78, 5) is 28.3. The van der Waals surface area contributed by atoms with Crippen LogP contribution in [0.25, 0.3) is 33.2 Å². The maximum atomic E-state index is 13.7. The zero-order valence-corrected chi connectivity index (χ0v) is 19.6. The van der Waals surface area contributed by atoms with Gasteiger partial charge in [-0.25, -0.2) is 19.3 Å². The molecular formula is C27H28FN5O. The Morgan fingerprint density at radius 1 is 0.824 bits per heavy atom. The van der Waals surface area contributed by atoms with Crippen LogP contribution in [0.4, 0.5) is 4.39 Å². The van der Waals surface area contributed by atoms with Gasteiger partial charge in [-0.1, -0.05) is 56.9 Å². The quantitative estimate of drug-likeness (QED) is 0.278. The van der Waals surface area contributed by atoms with E-state index in [2.05, 4.69) is 6.92 Å². The smallest absolute Gasteiger partial charge is 0.265 e. The van der Waals surface area contributed by atoms with Gasteiger partial charge in [0, 0.05) is 6.54 Å². The van der Waals surface area contributed by atoms with Crippen molar-refractivity contribution in [2.24, 2.45) is 0 Å². The molecule has 174 valence electrons. The number of aromatic nitrogens is 5. The summed E-state index contributed by atoms with van der Waals surface area (Å²) in [6.07, 6.45) is 5.61. The van der Waals surface area contributed by atoms with Gasteiger partial charge in [-0.3, -0.25) is 9.36 Å². The van der Waals surface area contributed by atoms with Gasteiger partial charge in [0.2, 0.25) is 0 Å². The Hall–Kier alpha value is -3.61. The minimum atomic E-state index is -0.285. The van der Waals surface area contributed by atoms with Crippen LogP contribution in [0, 0.1) is 12.7 Å². The number of rotatable bonds is 8. The summed E-state index contributed by atoms with van der Waals surface area (Å²) in [5.41, 5.74) is 4.06. The van der Waals surface area contributed by atoms with Crippen molar-refractivity contribution < 1.29 is 4.39 Å². The molecule has 0 aliphatic heterocycles. The highest BCUT2D eigenvalue weighted by atomic mass is 19.1. The minimum Gasteiger partial charge on any atom is -0.304 e. The topological polar surface area (TPSA) is 65.6 Å². The van der Waals surface area contributed by atoms with Crippen molar-refractivity contribution in [1.82, 2.24) is 24.1 Å². The van der Waals surface area contributed by atoms with Crippen molar-refractivity contribution in [1.29, 1.82) is 0 Å². The highest BCUT2D eigenvalue weighted by molar-refractivity contribution is 6.04. The number of aryl methyl sites for hydroxylation is 1. The minimum absolute atomic E-state index is 0.0783. The Balaban J connectivity index is 1.69. The summed E-state index contributed by atoms with van der Waals surface area (Å²) in [6.45, 7) is 5.13. The fraction of sp³-hybridized carbons (Fsp3) is 0.333. The molecule has 5 rings (SSSR count). The first-order valence-corrected chi connectivity index (χ1v) is 12.0. The van der Waals surface area contributed by atoms with Gasteiger partial charge < -0.3 is 4.57 Å². The second-order valence-electron chi connectivity index (χ2n) is 8.83. The molecule has 3 heterocycles. The molecule has 0 bridgehead atoms. The molecule has 0 amide bonds. The number of fused-ring (bicyclic) bond motifs is 4. The van der Waals surface area contributed by atoms with Crippen LogP contribution < -0.4 is 5.56 Å². The number of nitrogens with zero attached hydrogens (tertiary/aromatic N) is 5. The average Bonchev–Trinajstić information content (AvgIpc) is 3.12. The lowest BCUT2D eigenvalue weighted by molar-refractivity contribution is 0.546. The Morgan fingerprint density at radius 3 is 2.26 bits per heavy atom. The summed E-state index contributed by atoms with van der Waals surface area (Å²) in [5, 5.41) is 0.495. The summed E-state index contributed by atoms with van der Waals surface area (Å²) in [7, 11) is 0. The van der Waals surface area contributed by atoms with Gasteiger partial charge in [-0.2, -0.15) is 0 Å². The first-order valence-electron chi connectivity index (χ1n) is 12.0. The molecule has 0 aliphatic carbocycles. The first kappa shape index (κ1) is 22.2. The highest BCUT2D eigenvalue weighted by Gasteiger charge is 2.21. The molecule has 0 atom stereocenters. The van der Waals surface area contributed by atoms with Crippen LogP contribution in [0.1, 0.15) is 50.4 Å². The molecule has 0 fully saturated rings. The van der Waals surface area contributed by atoms with Crippen molar-refractivity contribution >= 4 is 33.2 Å². The van der Waals surface area contributed by atoms with E-state index in [-0.39, 0.29) is 11.4 Å². The second-order valence-corrected chi connectivity index (χ2v) is 8.83. The van der Waals surface area contributed by atoms with Crippen LogP contribution in [-0.4, -0.2) is 24.1 Å². The monoisotopic (exact) mass is 457 g/mol. The number of unbranched alkanes of at least 4 members (excludes halogenated alkanes) is 4. The number of para-hydroxylation sites is 2. The van der Waals surface area contributed by atoms with E-state index >= 15 is 0 Å². The predicted octanol–water partition coefficient (Wildman–Crippen LogP) is 5.76. The zero-order chi connectivity index (χ0) is 23.7. The van der Waals surface area contributed by atoms with Gasteiger partial charge >= 0.3 is 0 Å². The Bertz CT molecular complexity index is 1540. The summed E-state index contributed by atoms with van der Waals surface area (Å²) < 4.78 is 17.2. The normalized spacial score (nSPS) is 11.7. The molecule has 6 nitrogen and oxygen atoms in total. The Morgan fingerprint density at radius 2 is 1.53 bits per heavy atom. The predicted molar refractivity (Wildman–Crippen MR) is 134 cm³/mol. The molecule has 0 saturated carbocycles. The fourth-order valence-electron chi connectivity index (χ4n) is 4.56. The first-order chi connectivity index (χ1) is 16.6. The lowest BCUT2D eigenvalue weighted by Crippen LogP contribution is -2.24. The molecule has 5 aromatic rings. The van der Waals surface area contributed by atoms with Gasteiger partial charge in [-0.15, -0.1) is 0 Å². The van der Waals surface area contributed by atoms with E-state index < -0.39 is 0 Å². The SMILES string of the molecule is CCCCCCCn1c(C)nc2c(c1=O)c1nc3ccccc3nc1n2Cc1ccc(F)cc1. The largest absolute Gasteiger partial charge is 0.304 e. The van der Waals surface area contributed by atoms with Crippen molar-refractivity contribution in [2.75, 3.05) is 0 Å². The van der Waals surface area contributed by atoms with Crippen LogP contribution in [0.5, 0.6) is 0 Å². The van der Waals surface area contributed by atoms with Crippen molar-refractivity contribution in [3.63, 3.8) is 0 Å². The molecule has 3 aromatic heterocycles. The Kier molecular flexibility index (Phi) is 6.09. The van der Waals surface area contributed by atoms with Crippen LogP contribution in [0.3, 0.4) is 0 Å². The average molecular weight is 458 g/mol. The second kappa shape index (κ2) is 9.33. The van der Waals surface area contributed by atoms with Crippen LogP contribution in [0.2, 0.25) is 0 Å². The maximum absolute atomic E-state index is 13.7. The summed E-state index contributed by atoms with van der Waals surface area (Å²) in [6, 6.07) is 14.0. The molecular weight excluding hydrogens is 429 g/mol. The lowest BCUT2D eigenvalue weighted by Gasteiger charge is -2.11. The third-order valence-electron chi connectivity index (χ3n) is 6.38. The third kappa shape index (κ3) is 4.06. The molecule has 7 heteroatoms. The van der Waals surface area contributed by atoms with Crippen LogP contribution in [0.15, 0.2) is 53.3 Å². The van der Waals surface area contributed by atoms with Gasteiger partial charge in [0.1, 0.15) is 22.5 Å². The molecule has 0 saturated heterocycles. The van der Waals surface area contributed by atoms with Crippen LogP contribution >= 0.6 is 0 Å². The van der Waals surface area contributed by atoms with E-state index in [1.54, 1.807) is 16.7 Å². The molecule has 0 unspecified atom stereocenters. The van der Waals surface area contributed by atoms with Gasteiger partial charge in [-0.05, 0) is 43.2 Å². The molecule has 34 heavy (non-hydrogen) atoms. The van der Waals surface area contributed by atoms with Crippen molar-refractivity contribution in [3.05, 3.63) is 76.1 Å². The number of hydrogen-bond donors (Lipinski definition) is 0. The summed E-state index contributed by atoms with van der Waals surface area (Å²) >= 11 is 0. The van der Waals surface area contributed by atoms with E-state index in [0.29, 0.717) is 41.1 Å². The van der Waals surface area contributed by atoms with E-state index in [4.69, 9.17) is 15.0 Å². The summed E-state index contributed by atoms with van der Waals surface area (Å²) in [5.74, 6) is 0.397. The van der Waals surface area contributed by atoms with Gasteiger partial charge in [0.15, 0.2) is 11.3 Å². The van der Waals surface area contributed by atoms with Gasteiger partial charge in [0.05, 0.1) is 17.6 Å². The van der Waals surface area contributed by atoms with Crippen molar-refractivity contribution in [3.8, 4) is 0 Å². The third-order valence-corrected chi connectivity index (χ3v) is 6.38. The molecule has 2 aromatic carbocycles. The number of hydrogen-bond acceptors (Lipinski definition) is 4.